The number of thiophene rings is 2. The molecule has 14 heteroatoms. The Kier molecular flexibility index (Phi) is 7.40. The number of halogens is 3. The maximum Gasteiger partial charge on any atom is 0.416 e. The minimum Gasteiger partial charge on any atom is -0.506 e. The van der Waals surface area contributed by atoms with Crippen molar-refractivity contribution in [1.29, 1.82) is 0 Å². The van der Waals surface area contributed by atoms with Crippen molar-refractivity contribution in [3.63, 3.8) is 0 Å². The molecule has 37 heavy (non-hydrogen) atoms. The van der Waals surface area contributed by atoms with Gasteiger partial charge in [-0.2, -0.15) is 33.3 Å². The van der Waals surface area contributed by atoms with Crippen LogP contribution in [0.25, 0.3) is 10.4 Å². The Morgan fingerprint density at radius 3 is 2.41 bits per heavy atom. The molecule has 0 bridgehead atoms. The minimum atomic E-state index is -4.45. The SMILES string of the molecule is CC(=NNC(=O)c1ccc(C(=O)NCc2cnn(C)n2)s1)c1csc(-c2ccc(C(F)(F)F)cc2)c1O. The minimum absolute atomic E-state index is 0.154. The van der Waals surface area contributed by atoms with Crippen LogP contribution in [0.15, 0.2) is 53.1 Å². The largest absolute Gasteiger partial charge is 0.506 e. The number of aromatic hydroxyl groups is 1. The molecule has 0 aliphatic rings. The highest BCUT2D eigenvalue weighted by atomic mass is 32.1. The highest BCUT2D eigenvalue weighted by Gasteiger charge is 2.30. The molecule has 0 saturated heterocycles. The Morgan fingerprint density at radius 2 is 1.78 bits per heavy atom. The molecule has 2 amide bonds. The predicted molar refractivity (Wildman–Crippen MR) is 133 cm³/mol. The van der Waals surface area contributed by atoms with Gasteiger partial charge >= 0.3 is 6.18 Å². The van der Waals surface area contributed by atoms with Crippen molar-refractivity contribution in [2.45, 2.75) is 19.6 Å². The Labute approximate surface area is 216 Å². The second kappa shape index (κ2) is 10.5. The third-order valence-electron chi connectivity index (χ3n) is 5.08. The van der Waals surface area contributed by atoms with E-state index in [1.807, 2.05) is 0 Å². The summed E-state index contributed by atoms with van der Waals surface area (Å²) in [5.74, 6) is -1.07. The molecule has 9 nitrogen and oxygen atoms in total. The fourth-order valence-electron chi connectivity index (χ4n) is 3.18. The summed E-state index contributed by atoms with van der Waals surface area (Å²) in [4.78, 5) is 27.2. The predicted octanol–water partition coefficient (Wildman–Crippen LogP) is 4.41. The first-order chi connectivity index (χ1) is 17.5. The number of carbonyl (C=O) groups is 2. The van der Waals surface area contributed by atoms with E-state index in [1.165, 1.54) is 35.3 Å². The highest BCUT2D eigenvalue weighted by Crippen LogP contribution is 2.40. The van der Waals surface area contributed by atoms with Gasteiger partial charge in [-0.1, -0.05) is 12.1 Å². The van der Waals surface area contributed by atoms with Gasteiger partial charge in [0.05, 0.1) is 44.2 Å². The Hall–Kier alpha value is -4.04. The van der Waals surface area contributed by atoms with Gasteiger partial charge in [-0.05, 0) is 36.8 Å². The molecule has 0 radical (unpaired) electrons. The van der Waals surface area contributed by atoms with E-state index in [9.17, 15) is 27.9 Å². The molecule has 0 aliphatic carbocycles. The number of hydrogen-bond donors (Lipinski definition) is 3. The number of nitrogens with zero attached hydrogens (tertiary/aromatic N) is 4. The number of amides is 2. The molecular formula is C23H19F3N6O3S2. The maximum atomic E-state index is 12.8. The van der Waals surface area contributed by atoms with E-state index in [0.717, 1.165) is 34.8 Å². The molecule has 4 aromatic rings. The molecule has 3 heterocycles. The Bertz CT molecular complexity index is 1470. The molecule has 0 unspecified atom stereocenters. The van der Waals surface area contributed by atoms with Crippen LogP contribution in [-0.4, -0.2) is 37.6 Å². The van der Waals surface area contributed by atoms with Gasteiger partial charge in [0.1, 0.15) is 11.4 Å². The molecule has 3 N–H and O–H groups in total. The molecule has 1 aromatic carbocycles. The van der Waals surface area contributed by atoms with E-state index >= 15 is 0 Å². The Balaban J connectivity index is 1.39. The van der Waals surface area contributed by atoms with Crippen LogP contribution in [0.1, 0.15) is 43.1 Å². The van der Waals surface area contributed by atoms with Crippen LogP contribution in [0.5, 0.6) is 5.75 Å². The molecule has 192 valence electrons. The third-order valence-corrected chi connectivity index (χ3v) is 7.19. The maximum absolute atomic E-state index is 12.8. The molecule has 0 spiro atoms. The summed E-state index contributed by atoms with van der Waals surface area (Å²) in [5.41, 5.74) is 3.23. The normalized spacial score (nSPS) is 12.0. The molecular weight excluding hydrogens is 529 g/mol. The van der Waals surface area contributed by atoms with E-state index in [1.54, 1.807) is 19.4 Å². The summed E-state index contributed by atoms with van der Waals surface area (Å²) in [6.07, 6.45) is -2.92. The number of nitrogens with one attached hydrogen (secondary N) is 2. The van der Waals surface area contributed by atoms with Crippen LogP contribution < -0.4 is 10.7 Å². The van der Waals surface area contributed by atoms with Crippen LogP contribution in [0.4, 0.5) is 13.2 Å². The Morgan fingerprint density at radius 1 is 1.11 bits per heavy atom. The number of benzene rings is 1. The number of aryl methyl sites for hydroxylation is 1. The van der Waals surface area contributed by atoms with Crippen LogP contribution in [-0.2, 0) is 19.8 Å². The van der Waals surface area contributed by atoms with Crippen LogP contribution in [0.2, 0.25) is 0 Å². The average Bonchev–Trinajstić information content (AvgIpc) is 3.60. The standard InChI is InChI=1S/C23H19F3N6O3S2/c1-12(16-11-36-20(19(16)33)13-3-5-14(6-4-13)23(24,25)26)29-30-22(35)18-8-7-17(37-18)21(34)27-9-15-10-28-32(2)31-15/h3-8,10-11,33H,9H2,1-2H3,(H,27,34)(H,30,35). The van der Waals surface area contributed by atoms with Crippen molar-refractivity contribution in [2.24, 2.45) is 12.1 Å². The van der Waals surface area contributed by atoms with E-state index in [-0.39, 0.29) is 23.1 Å². The van der Waals surface area contributed by atoms with Crippen molar-refractivity contribution < 1.29 is 27.9 Å². The van der Waals surface area contributed by atoms with Gasteiger partial charge in [-0.15, -0.1) is 22.7 Å². The van der Waals surface area contributed by atoms with Gasteiger partial charge in [0.15, 0.2) is 0 Å². The van der Waals surface area contributed by atoms with Crippen LogP contribution >= 0.6 is 22.7 Å². The highest BCUT2D eigenvalue weighted by molar-refractivity contribution is 7.16. The first-order valence-corrected chi connectivity index (χ1v) is 12.3. The van der Waals surface area contributed by atoms with Gasteiger partial charge < -0.3 is 10.4 Å². The van der Waals surface area contributed by atoms with Gasteiger partial charge in [0.25, 0.3) is 11.8 Å². The van der Waals surface area contributed by atoms with Gasteiger partial charge in [-0.25, -0.2) is 5.43 Å². The second-order valence-corrected chi connectivity index (χ2v) is 9.68. The quantitative estimate of drug-likeness (QED) is 0.233. The molecule has 0 saturated carbocycles. The molecule has 3 aromatic heterocycles. The van der Waals surface area contributed by atoms with Crippen LogP contribution in [0.3, 0.4) is 0 Å². The lowest BCUT2D eigenvalue weighted by atomic mass is 10.1. The number of alkyl halides is 3. The van der Waals surface area contributed by atoms with Crippen molar-refractivity contribution in [3.8, 4) is 16.2 Å². The van der Waals surface area contributed by atoms with E-state index in [2.05, 4.69) is 26.0 Å². The zero-order valence-corrected chi connectivity index (χ0v) is 21.0. The van der Waals surface area contributed by atoms with Gasteiger partial charge in [0, 0.05) is 12.4 Å². The lowest BCUT2D eigenvalue weighted by Gasteiger charge is -2.07. The smallest absolute Gasteiger partial charge is 0.416 e. The van der Waals surface area contributed by atoms with E-state index in [4.69, 9.17) is 0 Å². The second-order valence-electron chi connectivity index (χ2n) is 7.71. The molecule has 0 aliphatic heterocycles. The first kappa shape index (κ1) is 26.0. The monoisotopic (exact) mass is 548 g/mol. The number of carbonyl (C=O) groups excluding carboxylic acids is 2. The number of hydrazone groups is 1. The van der Waals surface area contributed by atoms with Gasteiger partial charge in [0.2, 0.25) is 0 Å². The van der Waals surface area contributed by atoms with Crippen molar-refractivity contribution in [2.75, 3.05) is 0 Å². The lowest BCUT2D eigenvalue weighted by molar-refractivity contribution is -0.137. The average molecular weight is 549 g/mol. The summed E-state index contributed by atoms with van der Waals surface area (Å²) in [7, 11) is 1.66. The number of hydrogen-bond acceptors (Lipinski definition) is 8. The van der Waals surface area contributed by atoms with E-state index < -0.39 is 17.6 Å². The fraction of sp³-hybridized carbons (Fsp3) is 0.174. The lowest BCUT2D eigenvalue weighted by Crippen LogP contribution is -2.22. The van der Waals surface area contributed by atoms with Crippen molar-refractivity contribution in [1.82, 2.24) is 25.7 Å². The summed E-state index contributed by atoms with van der Waals surface area (Å²) in [5, 5.41) is 26.9. The van der Waals surface area contributed by atoms with Crippen molar-refractivity contribution >= 4 is 40.2 Å². The molecule has 0 fully saturated rings. The number of rotatable bonds is 7. The fourth-order valence-corrected chi connectivity index (χ4v) is 5.01. The zero-order valence-electron chi connectivity index (χ0n) is 19.3. The van der Waals surface area contributed by atoms with Crippen molar-refractivity contribution in [3.05, 3.63) is 74.6 Å². The number of aromatic nitrogens is 3. The third kappa shape index (κ3) is 6.03. The topological polar surface area (TPSA) is 122 Å². The summed E-state index contributed by atoms with van der Waals surface area (Å²) < 4.78 is 38.4. The van der Waals surface area contributed by atoms with Gasteiger partial charge in [-0.3, -0.25) is 9.59 Å². The summed E-state index contributed by atoms with van der Waals surface area (Å²) in [6.45, 7) is 1.76. The summed E-state index contributed by atoms with van der Waals surface area (Å²) >= 11 is 2.12. The first-order valence-electron chi connectivity index (χ1n) is 10.6. The zero-order chi connectivity index (χ0) is 26.7. The molecule has 4 rings (SSSR count). The van der Waals surface area contributed by atoms with E-state index in [0.29, 0.717) is 32.3 Å². The summed E-state index contributed by atoms with van der Waals surface area (Å²) in [6, 6.07) is 7.46. The van der Waals surface area contributed by atoms with Crippen LogP contribution in [0, 0.1) is 0 Å². The molecule has 0 atom stereocenters.